The zero-order valence-corrected chi connectivity index (χ0v) is 19.8. The Hall–Kier alpha value is -3.75. The number of fused-ring (bicyclic) bond motifs is 1. The normalized spacial score (nSPS) is 12.8. The molecule has 1 unspecified atom stereocenters. The van der Waals surface area contributed by atoms with E-state index in [2.05, 4.69) is 10.0 Å². The smallest absolute Gasteiger partial charge is 0.244 e. The van der Waals surface area contributed by atoms with Gasteiger partial charge in [0.1, 0.15) is 11.9 Å². The molecule has 0 saturated heterocycles. The minimum atomic E-state index is -3.51. The number of nitrogens with one attached hydrogen (secondary N) is 2. The van der Waals surface area contributed by atoms with Crippen molar-refractivity contribution in [1.82, 2.24) is 19.6 Å². The Bertz CT molecular complexity index is 1430. The molecule has 0 aliphatic carbocycles. The first-order chi connectivity index (χ1) is 16.4. The standard InChI is InChI=1S/C26H26N4O3S/c1-3-27-34(32,33)21-16-13-19(14-17-21)15-18-24(31)29-25(20-9-5-4-6-10-20)26-28-22-11-7-8-12-23(22)30(26)2/h4-18,25,27H,3H2,1-2H3,(H,29,31)/b18-15+. The summed E-state index contributed by atoms with van der Waals surface area (Å²) in [4.78, 5) is 17.8. The minimum absolute atomic E-state index is 0.182. The van der Waals surface area contributed by atoms with Gasteiger partial charge in [-0.05, 0) is 41.5 Å². The van der Waals surface area contributed by atoms with Crippen LogP contribution in [0.3, 0.4) is 0 Å². The van der Waals surface area contributed by atoms with E-state index < -0.39 is 16.1 Å². The van der Waals surface area contributed by atoms with Crippen molar-refractivity contribution in [2.24, 2.45) is 7.05 Å². The third kappa shape index (κ3) is 5.08. The summed E-state index contributed by atoms with van der Waals surface area (Å²) in [5, 5.41) is 3.06. The number of hydrogen-bond acceptors (Lipinski definition) is 4. The van der Waals surface area contributed by atoms with Crippen LogP contribution < -0.4 is 10.0 Å². The highest BCUT2D eigenvalue weighted by atomic mass is 32.2. The van der Waals surface area contributed by atoms with E-state index in [0.717, 1.165) is 22.4 Å². The molecule has 0 radical (unpaired) electrons. The number of imidazole rings is 1. The average molecular weight is 475 g/mol. The van der Waals surface area contributed by atoms with Gasteiger partial charge in [0, 0.05) is 19.7 Å². The lowest BCUT2D eigenvalue weighted by Crippen LogP contribution is -2.29. The van der Waals surface area contributed by atoms with Crippen molar-refractivity contribution in [3.8, 4) is 0 Å². The summed E-state index contributed by atoms with van der Waals surface area (Å²) < 4.78 is 28.6. The molecule has 7 nitrogen and oxygen atoms in total. The molecule has 0 spiro atoms. The first kappa shape index (κ1) is 23.4. The molecule has 1 aromatic heterocycles. The van der Waals surface area contributed by atoms with Gasteiger partial charge in [-0.25, -0.2) is 18.1 Å². The monoisotopic (exact) mass is 474 g/mol. The molecule has 34 heavy (non-hydrogen) atoms. The Morgan fingerprint density at radius 1 is 1.00 bits per heavy atom. The molecule has 1 atom stereocenters. The Kier molecular flexibility index (Phi) is 6.90. The van der Waals surface area contributed by atoms with Gasteiger partial charge in [-0.2, -0.15) is 0 Å². The summed E-state index contributed by atoms with van der Waals surface area (Å²) in [6, 6.07) is 23.4. The van der Waals surface area contributed by atoms with E-state index in [1.807, 2.05) is 66.2 Å². The fourth-order valence-corrected chi connectivity index (χ4v) is 4.80. The Morgan fingerprint density at radius 3 is 2.35 bits per heavy atom. The number of benzene rings is 3. The van der Waals surface area contributed by atoms with Gasteiger partial charge in [-0.15, -0.1) is 0 Å². The summed E-state index contributed by atoms with van der Waals surface area (Å²) in [5.41, 5.74) is 3.47. The molecule has 1 amide bonds. The van der Waals surface area contributed by atoms with Crippen LogP contribution in [0.1, 0.15) is 29.9 Å². The third-order valence-corrected chi connectivity index (χ3v) is 7.01. The van der Waals surface area contributed by atoms with Gasteiger partial charge in [0.25, 0.3) is 0 Å². The molecule has 8 heteroatoms. The SMILES string of the molecule is CCNS(=O)(=O)c1ccc(/C=C/C(=O)NC(c2ccccc2)c2nc3ccccc3n2C)cc1. The minimum Gasteiger partial charge on any atom is -0.339 e. The van der Waals surface area contributed by atoms with Crippen LogP contribution in [0.25, 0.3) is 17.1 Å². The average Bonchev–Trinajstić information content (AvgIpc) is 3.18. The van der Waals surface area contributed by atoms with E-state index in [-0.39, 0.29) is 10.8 Å². The fraction of sp³-hybridized carbons (Fsp3) is 0.154. The lowest BCUT2D eigenvalue weighted by atomic mass is 10.1. The van der Waals surface area contributed by atoms with E-state index in [1.54, 1.807) is 25.1 Å². The molecule has 2 N–H and O–H groups in total. The van der Waals surface area contributed by atoms with Gasteiger partial charge in [0.05, 0.1) is 15.9 Å². The van der Waals surface area contributed by atoms with Crippen molar-refractivity contribution in [3.05, 3.63) is 102 Å². The number of aryl methyl sites for hydroxylation is 1. The van der Waals surface area contributed by atoms with Crippen LogP contribution in [-0.2, 0) is 21.9 Å². The second-order valence-corrected chi connectivity index (χ2v) is 9.54. The predicted octanol–water partition coefficient (Wildman–Crippen LogP) is 3.79. The molecule has 4 rings (SSSR count). The molecule has 0 fully saturated rings. The molecule has 174 valence electrons. The highest BCUT2D eigenvalue weighted by Gasteiger charge is 2.22. The molecule has 0 aliphatic heterocycles. The third-order valence-electron chi connectivity index (χ3n) is 5.45. The molecule has 0 saturated carbocycles. The lowest BCUT2D eigenvalue weighted by molar-refractivity contribution is -0.117. The van der Waals surface area contributed by atoms with Crippen molar-refractivity contribution >= 4 is 33.0 Å². The number of para-hydroxylation sites is 2. The number of nitrogens with zero attached hydrogens (tertiary/aromatic N) is 2. The second-order valence-electron chi connectivity index (χ2n) is 7.77. The number of carbonyl (C=O) groups is 1. The van der Waals surface area contributed by atoms with Crippen LogP contribution in [0.5, 0.6) is 0 Å². The van der Waals surface area contributed by atoms with Crippen molar-refractivity contribution in [2.45, 2.75) is 17.9 Å². The second kappa shape index (κ2) is 10.0. The number of hydrogen-bond donors (Lipinski definition) is 2. The number of carbonyl (C=O) groups excluding carboxylic acids is 1. The topological polar surface area (TPSA) is 93.1 Å². The largest absolute Gasteiger partial charge is 0.339 e. The van der Waals surface area contributed by atoms with E-state index in [1.165, 1.54) is 18.2 Å². The van der Waals surface area contributed by atoms with E-state index in [9.17, 15) is 13.2 Å². The summed E-state index contributed by atoms with van der Waals surface area (Å²) in [6.07, 6.45) is 3.09. The van der Waals surface area contributed by atoms with Crippen LogP contribution in [0.2, 0.25) is 0 Å². The molecule has 0 bridgehead atoms. The Morgan fingerprint density at radius 2 is 1.68 bits per heavy atom. The highest BCUT2D eigenvalue weighted by Crippen LogP contribution is 2.25. The van der Waals surface area contributed by atoms with Gasteiger partial charge in [-0.1, -0.05) is 61.5 Å². The van der Waals surface area contributed by atoms with Crippen LogP contribution in [0.15, 0.2) is 89.8 Å². The number of aromatic nitrogens is 2. The van der Waals surface area contributed by atoms with Crippen LogP contribution in [0.4, 0.5) is 0 Å². The first-order valence-electron chi connectivity index (χ1n) is 10.9. The van der Waals surface area contributed by atoms with Crippen LogP contribution in [0, 0.1) is 0 Å². The first-order valence-corrected chi connectivity index (χ1v) is 12.4. The van der Waals surface area contributed by atoms with Crippen LogP contribution >= 0.6 is 0 Å². The molecular formula is C26H26N4O3S. The quantitative estimate of drug-likeness (QED) is 0.380. The zero-order valence-electron chi connectivity index (χ0n) is 19.0. The molecule has 3 aromatic carbocycles. The van der Waals surface area contributed by atoms with Gasteiger partial charge in [-0.3, -0.25) is 4.79 Å². The fourth-order valence-electron chi connectivity index (χ4n) is 3.76. The summed E-state index contributed by atoms with van der Waals surface area (Å²) in [6.45, 7) is 2.04. The van der Waals surface area contributed by atoms with Gasteiger partial charge in [0.15, 0.2) is 0 Å². The van der Waals surface area contributed by atoms with Crippen molar-refractivity contribution in [3.63, 3.8) is 0 Å². The van der Waals surface area contributed by atoms with E-state index in [4.69, 9.17) is 4.98 Å². The maximum absolute atomic E-state index is 12.9. The number of amides is 1. The van der Waals surface area contributed by atoms with Crippen LogP contribution in [-0.4, -0.2) is 30.4 Å². The van der Waals surface area contributed by atoms with Crippen molar-refractivity contribution < 1.29 is 13.2 Å². The Labute approximate surface area is 199 Å². The maximum Gasteiger partial charge on any atom is 0.244 e. The van der Waals surface area contributed by atoms with Gasteiger partial charge in [0.2, 0.25) is 15.9 Å². The Balaban J connectivity index is 1.57. The number of rotatable bonds is 8. The van der Waals surface area contributed by atoms with Crippen molar-refractivity contribution in [1.29, 1.82) is 0 Å². The molecule has 0 aliphatic rings. The maximum atomic E-state index is 12.9. The number of sulfonamides is 1. The summed E-state index contributed by atoms with van der Waals surface area (Å²) in [5.74, 6) is 0.442. The van der Waals surface area contributed by atoms with E-state index in [0.29, 0.717) is 12.1 Å². The van der Waals surface area contributed by atoms with Gasteiger partial charge >= 0.3 is 0 Å². The summed E-state index contributed by atoms with van der Waals surface area (Å²) in [7, 11) is -1.58. The highest BCUT2D eigenvalue weighted by molar-refractivity contribution is 7.89. The summed E-state index contributed by atoms with van der Waals surface area (Å²) >= 11 is 0. The lowest BCUT2D eigenvalue weighted by Gasteiger charge is -2.18. The van der Waals surface area contributed by atoms with E-state index >= 15 is 0 Å². The molecular weight excluding hydrogens is 448 g/mol. The predicted molar refractivity (Wildman–Crippen MR) is 133 cm³/mol. The molecule has 1 heterocycles. The molecule has 4 aromatic rings. The van der Waals surface area contributed by atoms with Gasteiger partial charge < -0.3 is 9.88 Å². The van der Waals surface area contributed by atoms with Crippen molar-refractivity contribution in [2.75, 3.05) is 6.54 Å². The zero-order chi connectivity index (χ0) is 24.1.